The lowest BCUT2D eigenvalue weighted by molar-refractivity contribution is -0.149. The molecule has 0 spiro atoms. The van der Waals surface area contributed by atoms with Crippen molar-refractivity contribution < 1.29 is 9.53 Å². The van der Waals surface area contributed by atoms with Gasteiger partial charge in [0.2, 0.25) is 0 Å². The SMILES string of the molecule is CCOC(=O)[C@H](C)N1C[C@H](C)C[C@@H](C)C1. The van der Waals surface area contributed by atoms with Crippen LogP contribution in [0.5, 0.6) is 0 Å². The molecule has 1 heterocycles. The van der Waals surface area contributed by atoms with Crippen LogP contribution in [0.15, 0.2) is 0 Å². The summed E-state index contributed by atoms with van der Waals surface area (Å²) in [6.07, 6.45) is 1.27. The van der Waals surface area contributed by atoms with Crippen molar-refractivity contribution in [1.29, 1.82) is 0 Å². The molecule has 0 N–H and O–H groups in total. The molecule has 3 nitrogen and oxygen atoms in total. The van der Waals surface area contributed by atoms with E-state index in [1.807, 2.05) is 13.8 Å². The Balaban J connectivity index is 2.51. The third-order valence-electron chi connectivity index (χ3n) is 3.07. The van der Waals surface area contributed by atoms with Gasteiger partial charge in [-0.05, 0) is 32.1 Å². The lowest BCUT2D eigenvalue weighted by Crippen LogP contribution is -2.47. The molecule has 0 aromatic heterocycles. The van der Waals surface area contributed by atoms with Gasteiger partial charge in [-0.1, -0.05) is 13.8 Å². The Morgan fingerprint density at radius 1 is 1.40 bits per heavy atom. The molecule has 0 unspecified atom stereocenters. The third kappa shape index (κ3) is 3.49. The predicted molar refractivity (Wildman–Crippen MR) is 60.6 cm³/mol. The quantitative estimate of drug-likeness (QED) is 0.671. The minimum atomic E-state index is -0.0878. The molecule has 0 bridgehead atoms. The minimum Gasteiger partial charge on any atom is -0.465 e. The van der Waals surface area contributed by atoms with E-state index in [0.717, 1.165) is 13.1 Å². The summed E-state index contributed by atoms with van der Waals surface area (Å²) in [7, 11) is 0. The Morgan fingerprint density at radius 2 is 1.93 bits per heavy atom. The van der Waals surface area contributed by atoms with Crippen LogP contribution in [0.3, 0.4) is 0 Å². The van der Waals surface area contributed by atoms with Crippen LogP contribution in [0.1, 0.15) is 34.1 Å². The molecule has 88 valence electrons. The van der Waals surface area contributed by atoms with E-state index in [-0.39, 0.29) is 12.0 Å². The molecule has 1 saturated heterocycles. The molecule has 0 saturated carbocycles. The largest absolute Gasteiger partial charge is 0.465 e. The van der Waals surface area contributed by atoms with Gasteiger partial charge in [-0.2, -0.15) is 0 Å². The summed E-state index contributed by atoms with van der Waals surface area (Å²) >= 11 is 0. The summed E-state index contributed by atoms with van der Waals surface area (Å²) in [4.78, 5) is 13.8. The smallest absolute Gasteiger partial charge is 0.323 e. The van der Waals surface area contributed by atoms with E-state index >= 15 is 0 Å². The van der Waals surface area contributed by atoms with Crippen molar-refractivity contribution in [3.63, 3.8) is 0 Å². The molecular formula is C12H23NO2. The normalized spacial score (nSPS) is 29.9. The lowest BCUT2D eigenvalue weighted by atomic mass is 9.91. The van der Waals surface area contributed by atoms with E-state index in [9.17, 15) is 4.79 Å². The van der Waals surface area contributed by atoms with Gasteiger partial charge in [-0.15, -0.1) is 0 Å². The van der Waals surface area contributed by atoms with Gasteiger partial charge in [0.1, 0.15) is 6.04 Å². The Labute approximate surface area is 92.8 Å². The highest BCUT2D eigenvalue weighted by molar-refractivity contribution is 5.75. The number of carbonyl (C=O) groups excluding carboxylic acids is 1. The lowest BCUT2D eigenvalue weighted by Gasteiger charge is -2.37. The summed E-state index contributed by atoms with van der Waals surface area (Å²) in [5.74, 6) is 1.29. The second-order valence-electron chi connectivity index (χ2n) is 4.83. The summed E-state index contributed by atoms with van der Waals surface area (Å²) in [6, 6.07) is -0.0878. The Bertz CT molecular complexity index is 208. The molecule has 1 rings (SSSR count). The molecule has 0 aromatic rings. The first-order chi connectivity index (χ1) is 7.04. The molecule has 3 atom stereocenters. The Kier molecular flexibility index (Phi) is 4.58. The number of hydrogen-bond acceptors (Lipinski definition) is 3. The van der Waals surface area contributed by atoms with Crippen molar-refractivity contribution in [3.05, 3.63) is 0 Å². The van der Waals surface area contributed by atoms with E-state index in [0.29, 0.717) is 18.4 Å². The van der Waals surface area contributed by atoms with Gasteiger partial charge in [0.05, 0.1) is 6.61 Å². The number of carbonyl (C=O) groups is 1. The highest BCUT2D eigenvalue weighted by Gasteiger charge is 2.29. The molecule has 0 aliphatic carbocycles. The maximum atomic E-state index is 11.6. The highest BCUT2D eigenvalue weighted by atomic mass is 16.5. The number of rotatable bonds is 3. The predicted octanol–water partition coefficient (Wildman–Crippen LogP) is 1.92. The van der Waals surface area contributed by atoms with E-state index < -0.39 is 0 Å². The van der Waals surface area contributed by atoms with Crippen molar-refractivity contribution in [2.45, 2.75) is 40.2 Å². The van der Waals surface area contributed by atoms with Crippen molar-refractivity contribution in [3.8, 4) is 0 Å². The zero-order valence-corrected chi connectivity index (χ0v) is 10.3. The van der Waals surface area contributed by atoms with Gasteiger partial charge in [0, 0.05) is 13.1 Å². The van der Waals surface area contributed by atoms with Gasteiger partial charge in [0.25, 0.3) is 0 Å². The molecule has 1 aliphatic rings. The minimum absolute atomic E-state index is 0.0844. The Morgan fingerprint density at radius 3 is 2.40 bits per heavy atom. The number of ether oxygens (including phenoxy) is 1. The maximum absolute atomic E-state index is 11.6. The van der Waals surface area contributed by atoms with Crippen LogP contribution >= 0.6 is 0 Å². The number of esters is 1. The molecule has 3 heteroatoms. The molecule has 15 heavy (non-hydrogen) atoms. The topological polar surface area (TPSA) is 29.5 Å². The van der Waals surface area contributed by atoms with Gasteiger partial charge < -0.3 is 4.74 Å². The third-order valence-corrected chi connectivity index (χ3v) is 3.07. The van der Waals surface area contributed by atoms with Crippen LogP contribution in [-0.2, 0) is 9.53 Å². The van der Waals surface area contributed by atoms with Crippen LogP contribution in [0, 0.1) is 11.8 Å². The number of hydrogen-bond donors (Lipinski definition) is 0. The van der Waals surface area contributed by atoms with E-state index in [4.69, 9.17) is 4.74 Å². The van der Waals surface area contributed by atoms with Gasteiger partial charge in [-0.3, -0.25) is 9.69 Å². The summed E-state index contributed by atoms with van der Waals surface area (Å²) in [6.45, 7) is 10.8. The van der Waals surface area contributed by atoms with Crippen molar-refractivity contribution in [2.75, 3.05) is 19.7 Å². The standard InChI is InChI=1S/C12H23NO2/c1-5-15-12(14)11(4)13-7-9(2)6-10(3)8-13/h9-11H,5-8H2,1-4H3/t9-,10-,11+/m1/s1. The molecule has 1 fully saturated rings. The number of piperidine rings is 1. The zero-order valence-electron chi connectivity index (χ0n) is 10.3. The average molecular weight is 213 g/mol. The van der Waals surface area contributed by atoms with E-state index in [2.05, 4.69) is 18.7 Å². The van der Waals surface area contributed by atoms with Crippen LogP contribution in [0.25, 0.3) is 0 Å². The molecule has 1 aliphatic heterocycles. The van der Waals surface area contributed by atoms with Gasteiger partial charge >= 0.3 is 5.97 Å². The molecular weight excluding hydrogens is 190 g/mol. The first kappa shape index (κ1) is 12.5. The van der Waals surface area contributed by atoms with Gasteiger partial charge in [-0.25, -0.2) is 0 Å². The van der Waals surface area contributed by atoms with Crippen LogP contribution in [0.2, 0.25) is 0 Å². The van der Waals surface area contributed by atoms with Crippen LogP contribution in [0.4, 0.5) is 0 Å². The molecule has 0 radical (unpaired) electrons. The summed E-state index contributed by atoms with van der Waals surface area (Å²) < 4.78 is 5.05. The van der Waals surface area contributed by atoms with Crippen LogP contribution < -0.4 is 0 Å². The fourth-order valence-electron chi connectivity index (χ4n) is 2.44. The van der Waals surface area contributed by atoms with E-state index in [1.54, 1.807) is 0 Å². The zero-order chi connectivity index (χ0) is 11.4. The fourth-order valence-corrected chi connectivity index (χ4v) is 2.44. The molecule has 0 amide bonds. The summed E-state index contributed by atoms with van der Waals surface area (Å²) in [5, 5.41) is 0. The maximum Gasteiger partial charge on any atom is 0.323 e. The van der Waals surface area contributed by atoms with Gasteiger partial charge in [0.15, 0.2) is 0 Å². The summed E-state index contributed by atoms with van der Waals surface area (Å²) in [5.41, 5.74) is 0. The number of nitrogens with zero attached hydrogens (tertiary/aromatic N) is 1. The van der Waals surface area contributed by atoms with Crippen molar-refractivity contribution in [2.24, 2.45) is 11.8 Å². The Hall–Kier alpha value is -0.570. The second-order valence-corrected chi connectivity index (χ2v) is 4.83. The van der Waals surface area contributed by atoms with Crippen molar-refractivity contribution >= 4 is 5.97 Å². The first-order valence-corrected chi connectivity index (χ1v) is 5.95. The van der Waals surface area contributed by atoms with E-state index in [1.165, 1.54) is 6.42 Å². The molecule has 0 aromatic carbocycles. The second kappa shape index (κ2) is 5.50. The van der Waals surface area contributed by atoms with Crippen LogP contribution in [-0.4, -0.2) is 36.6 Å². The fraction of sp³-hybridized carbons (Fsp3) is 0.917. The number of likely N-dealkylation sites (tertiary alicyclic amines) is 1. The van der Waals surface area contributed by atoms with Crippen molar-refractivity contribution in [1.82, 2.24) is 4.90 Å². The monoisotopic (exact) mass is 213 g/mol. The average Bonchev–Trinajstić information content (AvgIpc) is 2.15. The first-order valence-electron chi connectivity index (χ1n) is 5.95. The highest BCUT2D eigenvalue weighted by Crippen LogP contribution is 2.22.